The van der Waals surface area contributed by atoms with Gasteiger partial charge >= 0.3 is 6.09 Å². The average Bonchev–Trinajstić information content (AvgIpc) is 3.20. The molecule has 2 saturated carbocycles. The normalized spacial score (nSPS) is 32.0. The number of tetrazole rings is 1. The Morgan fingerprint density at radius 2 is 1.93 bits per heavy atom. The number of likely N-dealkylation sites (tertiary alicyclic amines) is 2. The first-order valence-electron chi connectivity index (χ1n) is 10.6. The first-order chi connectivity index (χ1) is 13.2. The highest BCUT2D eigenvalue weighted by Gasteiger charge is 2.51. The summed E-state index contributed by atoms with van der Waals surface area (Å²) in [7, 11) is 0. The molecule has 4 aliphatic rings. The van der Waals surface area contributed by atoms with E-state index in [2.05, 4.69) is 25.1 Å². The third-order valence-electron chi connectivity index (χ3n) is 7.12. The van der Waals surface area contributed by atoms with Crippen molar-refractivity contribution in [3.63, 3.8) is 0 Å². The molecular formula is C19H30N6O2. The van der Waals surface area contributed by atoms with Gasteiger partial charge in [-0.1, -0.05) is 0 Å². The van der Waals surface area contributed by atoms with Crippen LogP contribution in [0, 0.1) is 5.41 Å². The highest BCUT2D eigenvalue weighted by Crippen LogP contribution is 2.51. The van der Waals surface area contributed by atoms with Crippen molar-refractivity contribution in [1.29, 1.82) is 0 Å². The third-order valence-corrected chi connectivity index (χ3v) is 7.12. The Hall–Kier alpha value is -1.70. The van der Waals surface area contributed by atoms with Crippen LogP contribution in [-0.2, 0) is 4.74 Å². The maximum absolute atomic E-state index is 12.0. The summed E-state index contributed by atoms with van der Waals surface area (Å²) in [5, 5.41) is 12.5. The van der Waals surface area contributed by atoms with Gasteiger partial charge in [0.15, 0.2) is 5.82 Å². The number of aromatic nitrogens is 4. The number of carbonyl (C=O) groups excluding carboxylic acids is 1. The number of carbonyl (C=O) groups is 1. The second-order valence-corrected chi connectivity index (χ2v) is 8.96. The summed E-state index contributed by atoms with van der Waals surface area (Å²) in [6.07, 6.45) is 8.23. The van der Waals surface area contributed by atoms with Crippen LogP contribution in [0.5, 0.6) is 0 Å². The van der Waals surface area contributed by atoms with Crippen LogP contribution < -0.4 is 0 Å². The van der Waals surface area contributed by atoms with E-state index >= 15 is 0 Å². The molecular weight excluding hydrogens is 344 g/mol. The van der Waals surface area contributed by atoms with Crippen LogP contribution in [-0.4, -0.2) is 74.9 Å². The molecule has 0 N–H and O–H groups in total. The van der Waals surface area contributed by atoms with Gasteiger partial charge in [-0.3, -0.25) is 0 Å². The van der Waals surface area contributed by atoms with E-state index < -0.39 is 0 Å². The van der Waals surface area contributed by atoms with Crippen LogP contribution in [0.3, 0.4) is 0 Å². The zero-order valence-electron chi connectivity index (χ0n) is 16.2. The summed E-state index contributed by atoms with van der Waals surface area (Å²) in [6.45, 7) is 6.36. The van der Waals surface area contributed by atoms with E-state index in [0.29, 0.717) is 30.0 Å². The molecule has 8 heteroatoms. The summed E-state index contributed by atoms with van der Waals surface area (Å²) in [5.41, 5.74) is 0.352. The minimum absolute atomic E-state index is 0.132. The lowest BCUT2D eigenvalue weighted by atomic mass is 9.64. The Kier molecular flexibility index (Phi) is 4.33. The predicted molar refractivity (Wildman–Crippen MR) is 98.3 cm³/mol. The Bertz CT molecular complexity index is 688. The number of hydrogen-bond acceptors (Lipinski definition) is 6. The molecule has 1 aromatic rings. The SMILES string of the molecule is CCOC(=O)N1CCC2(CC(N3CCC(c4nnnn4C4CC4)CC3)C2)C1. The quantitative estimate of drug-likeness (QED) is 0.804. The molecule has 0 unspecified atom stereocenters. The van der Waals surface area contributed by atoms with Crippen molar-refractivity contribution in [1.82, 2.24) is 30.0 Å². The summed E-state index contributed by atoms with van der Waals surface area (Å²) in [4.78, 5) is 16.5. The lowest BCUT2D eigenvalue weighted by Crippen LogP contribution is -2.54. The van der Waals surface area contributed by atoms with Crippen molar-refractivity contribution in [3.8, 4) is 0 Å². The highest BCUT2D eigenvalue weighted by atomic mass is 16.6. The molecule has 0 aromatic carbocycles. The van der Waals surface area contributed by atoms with Gasteiger partial charge in [0, 0.05) is 25.0 Å². The zero-order valence-corrected chi connectivity index (χ0v) is 16.2. The first kappa shape index (κ1) is 17.4. The van der Waals surface area contributed by atoms with Crippen LogP contribution >= 0.6 is 0 Å². The number of ether oxygens (including phenoxy) is 1. The Labute approximate surface area is 160 Å². The standard InChI is InChI=1S/C19H30N6O2/c1-2-27-18(26)24-10-7-19(13-24)11-16(12-19)23-8-5-14(6-9-23)17-20-21-22-25(17)15-3-4-15/h14-16H,2-13H2,1H3. The van der Waals surface area contributed by atoms with Crippen molar-refractivity contribution in [2.75, 3.05) is 32.8 Å². The van der Waals surface area contributed by atoms with Gasteiger partial charge in [0.25, 0.3) is 0 Å². The van der Waals surface area contributed by atoms with Gasteiger partial charge in [-0.15, -0.1) is 5.10 Å². The molecule has 4 fully saturated rings. The van der Waals surface area contributed by atoms with Gasteiger partial charge in [-0.05, 0) is 80.8 Å². The lowest BCUT2D eigenvalue weighted by Gasteiger charge is -2.51. The van der Waals surface area contributed by atoms with Gasteiger partial charge in [0.2, 0.25) is 0 Å². The lowest BCUT2D eigenvalue weighted by molar-refractivity contribution is -0.00526. The predicted octanol–water partition coefficient (Wildman–Crippen LogP) is 2.20. The monoisotopic (exact) mass is 374 g/mol. The van der Waals surface area contributed by atoms with Gasteiger partial charge in [0.1, 0.15) is 0 Å². The molecule has 2 aliphatic heterocycles. The van der Waals surface area contributed by atoms with Crippen LogP contribution in [0.15, 0.2) is 0 Å². The summed E-state index contributed by atoms with van der Waals surface area (Å²) >= 11 is 0. The smallest absolute Gasteiger partial charge is 0.409 e. The van der Waals surface area contributed by atoms with Crippen molar-refractivity contribution in [2.45, 2.75) is 69.9 Å². The van der Waals surface area contributed by atoms with Crippen molar-refractivity contribution in [3.05, 3.63) is 5.82 Å². The molecule has 8 nitrogen and oxygen atoms in total. The van der Waals surface area contributed by atoms with Gasteiger partial charge < -0.3 is 14.5 Å². The molecule has 5 rings (SSSR count). The maximum Gasteiger partial charge on any atom is 0.409 e. The number of hydrogen-bond donors (Lipinski definition) is 0. The number of piperidine rings is 1. The van der Waals surface area contributed by atoms with Crippen LogP contribution in [0.4, 0.5) is 4.79 Å². The summed E-state index contributed by atoms with van der Waals surface area (Å²) in [6, 6.07) is 1.25. The van der Waals surface area contributed by atoms with E-state index in [-0.39, 0.29) is 6.09 Å². The van der Waals surface area contributed by atoms with Crippen LogP contribution in [0.2, 0.25) is 0 Å². The van der Waals surface area contributed by atoms with E-state index in [1.807, 2.05) is 11.8 Å². The van der Waals surface area contributed by atoms with E-state index in [1.54, 1.807) is 0 Å². The maximum atomic E-state index is 12.0. The fourth-order valence-corrected chi connectivity index (χ4v) is 5.41. The molecule has 3 heterocycles. The highest BCUT2D eigenvalue weighted by molar-refractivity contribution is 5.68. The molecule has 2 saturated heterocycles. The van der Waals surface area contributed by atoms with Gasteiger partial charge in [-0.2, -0.15) is 0 Å². The minimum Gasteiger partial charge on any atom is -0.450 e. The fraction of sp³-hybridized carbons (Fsp3) is 0.895. The minimum atomic E-state index is -0.132. The van der Waals surface area contributed by atoms with E-state index in [1.165, 1.54) is 25.7 Å². The van der Waals surface area contributed by atoms with E-state index in [4.69, 9.17) is 4.74 Å². The molecule has 1 amide bonds. The van der Waals surface area contributed by atoms with E-state index in [0.717, 1.165) is 51.3 Å². The van der Waals surface area contributed by atoms with Gasteiger partial charge in [-0.25, -0.2) is 9.48 Å². The molecule has 0 radical (unpaired) electrons. The largest absolute Gasteiger partial charge is 0.450 e. The van der Waals surface area contributed by atoms with E-state index in [9.17, 15) is 4.79 Å². The topological polar surface area (TPSA) is 76.4 Å². The first-order valence-corrected chi connectivity index (χ1v) is 10.6. The van der Waals surface area contributed by atoms with Crippen molar-refractivity contribution < 1.29 is 9.53 Å². The van der Waals surface area contributed by atoms with Crippen molar-refractivity contribution >= 4 is 6.09 Å². The Morgan fingerprint density at radius 1 is 1.15 bits per heavy atom. The number of nitrogens with zero attached hydrogens (tertiary/aromatic N) is 6. The molecule has 0 bridgehead atoms. The third kappa shape index (κ3) is 3.22. The van der Waals surface area contributed by atoms with Crippen LogP contribution in [0.25, 0.3) is 0 Å². The molecule has 0 atom stereocenters. The molecule has 2 aliphatic carbocycles. The van der Waals surface area contributed by atoms with Crippen LogP contribution in [0.1, 0.15) is 69.7 Å². The molecule has 1 aromatic heterocycles. The second-order valence-electron chi connectivity index (χ2n) is 8.96. The number of amides is 1. The summed E-state index contributed by atoms with van der Waals surface area (Å²) < 4.78 is 7.25. The Balaban J connectivity index is 1.11. The van der Waals surface area contributed by atoms with Gasteiger partial charge in [0.05, 0.1) is 12.6 Å². The zero-order chi connectivity index (χ0) is 18.4. The van der Waals surface area contributed by atoms with Crippen molar-refractivity contribution in [2.24, 2.45) is 5.41 Å². The number of rotatable bonds is 4. The molecule has 27 heavy (non-hydrogen) atoms. The average molecular weight is 374 g/mol. The molecule has 148 valence electrons. The molecule has 1 spiro atoms. The second kappa shape index (κ2) is 6.72. The Morgan fingerprint density at radius 3 is 2.63 bits per heavy atom. The summed E-state index contributed by atoms with van der Waals surface area (Å²) in [5.74, 6) is 1.62. The fourth-order valence-electron chi connectivity index (χ4n) is 5.41.